The monoisotopic (exact) mass is 280 g/mol. The molecular formula is C12H16N4O2S. The Kier molecular flexibility index (Phi) is 5.14. The Bertz CT molecular complexity index is 502. The van der Waals surface area contributed by atoms with E-state index < -0.39 is 0 Å². The fourth-order valence-corrected chi connectivity index (χ4v) is 2.64. The van der Waals surface area contributed by atoms with Gasteiger partial charge >= 0.3 is 5.97 Å². The Morgan fingerprint density at radius 2 is 2.21 bits per heavy atom. The van der Waals surface area contributed by atoms with Crippen LogP contribution in [-0.4, -0.2) is 38.8 Å². The predicted octanol–water partition coefficient (Wildman–Crippen LogP) is 2.13. The average molecular weight is 280 g/mol. The van der Waals surface area contributed by atoms with Crippen LogP contribution in [0.4, 0.5) is 0 Å². The van der Waals surface area contributed by atoms with Crippen LogP contribution in [0, 0.1) is 0 Å². The van der Waals surface area contributed by atoms with Gasteiger partial charge in [-0.05, 0) is 18.6 Å². The number of hydrogen-bond donors (Lipinski definition) is 1. The van der Waals surface area contributed by atoms with Crippen LogP contribution in [0.5, 0.6) is 0 Å². The fraction of sp³-hybridized carbons (Fsp3) is 0.500. The van der Waals surface area contributed by atoms with Crippen molar-refractivity contribution in [3.63, 3.8) is 0 Å². The van der Waals surface area contributed by atoms with Crippen LogP contribution >= 0.6 is 11.8 Å². The van der Waals surface area contributed by atoms with Crippen LogP contribution in [0.15, 0.2) is 17.7 Å². The number of carbonyl (C=O) groups excluding carboxylic acids is 1. The Morgan fingerprint density at radius 1 is 1.32 bits per heavy atom. The van der Waals surface area contributed by atoms with Crippen molar-refractivity contribution in [3.8, 4) is 11.5 Å². The molecule has 0 unspecified atom stereocenters. The number of methoxy groups -OCH3 is 1. The second-order valence-corrected chi connectivity index (χ2v) is 5.12. The molecule has 19 heavy (non-hydrogen) atoms. The van der Waals surface area contributed by atoms with E-state index in [1.807, 2.05) is 0 Å². The lowest BCUT2D eigenvalue weighted by Gasteiger charge is -2.04. The molecule has 0 atom stereocenters. The van der Waals surface area contributed by atoms with Crippen molar-refractivity contribution in [2.75, 3.05) is 12.9 Å². The number of H-pyrrole nitrogens is 1. The number of nitrogens with zero attached hydrogens (tertiary/aromatic N) is 3. The second kappa shape index (κ2) is 7.08. The molecule has 0 aromatic carbocycles. The summed E-state index contributed by atoms with van der Waals surface area (Å²) in [6.07, 6.45) is 6.60. The van der Waals surface area contributed by atoms with Crippen LogP contribution in [-0.2, 0) is 9.53 Å². The quantitative estimate of drug-likeness (QED) is 0.362. The standard InChI is InChI=1S/C12H16N4O2S/c1-18-9(17)5-3-2-4-6-19-12-10-11(14-7-13-10)15-8-16-12/h7-8H,2-6H2,1H3,(H,13,14,15,16). The normalized spacial score (nSPS) is 10.8. The zero-order valence-electron chi connectivity index (χ0n) is 10.8. The molecule has 0 saturated heterocycles. The Balaban J connectivity index is 1.69. The zero-order chi connectivity index (χ0) is 13.5. The van der Waals surface area contributed by atoms with E-state index in [0.717, 1.165) is 35.7 Å². The summed E-state index contributed by atoms with van der Waals surface area (Å²) in [4.78, 5) is 26.4. The number of aromatic amines is 1. The molecule has 0 amide bonds. The largest absolute Gasteiger partial charge is 0.469 e. The summed E-state index contributed by atoms with van der Waals surface area (Å²) in [6.45, 7) is 0. The zero-order valence-corrected chi connectivity index (χ0v) is 11.6. The van der Waals surface area contributed by atoms with Crippen LogP contribution in [0.3, 0.4) is 0 Å². The maximum atomic E-state index is 10.9. The fourth-order valence-electron chi connectivity index (χ4n) is 1.67. The van der Waals surface area contributed by atoms with Crippen LogP contribution in [0.25, 0.3) is 11.5 Å². The molecule has 2 rings (SSSR count). The molecule has 102 valence electrons. The highest BCUT2D eigenvalue weighted by molar-refractivity contribution is 7.99. The van der Waals surface area contributed by atoms with Crippen molar-refractivity contribution >= 4 is 17.7 Å². The van der Waals surface area contributed by atoms with E-state index in [9.17, 15) is 4.79 Å². The van der Waals surface area contributed by atoms with Crippen molar-refractivity contribution in [2.45, 2.75) is 30.7 Å². The number of thioether (sulfide) groups is 1. The summed E-state index contributed by atoms with van der Waals surface area (Å²) in [5.74, 6) is 1.51. The lowest BCUT2D eigenvalue weighted by molar-refractivity contribution is -0.140. The van der Waals surface area contributed by atoms with Gasteiger partial charge in [-0.25, -0.2) is 15.0 Å². The molecule has 0 spiro atoms. The van der Waals surface area contributed by atoms with Gasteiger partial charge in [-0.15, -0.1) is 11.8 Å². The minimum absolute atomic E-state index is 0.135. The van der Waals surface area contributed by atoms with Crippen molar-refractivity contribution in [3.05, 3.63) is 12.7 Å². The molecule has 0 radical (unpaired) electrons. The van der Waals surface area contributed by atoms with Crippen molar-refractivity contribution in [1.82, 2.24) is 19.9 Å². The van der Waals surface area contributed by atoms with Gasteiger partial charge in [-0.3, -0.25) is 4.79 Å². The number of rotatable bonds is 7. The first-order valence-electron chi connectivity index (χ1n) is 6.15. The van der Waals surface area contributed by atoms with E-state index in [4.69, 9.17) is 0 Å². The van der Waals surface area contributed by atoms with Gasteiger partial charge in [0.2, 0.25) is 0 Å². The molecule has 2 aliphatic heterocycles. The highest BCUT2D eigenvalue weighted by Crippen LogP contribution is 2.26. The smallest absolute Gasteiger partial charge is 0.305 e. The maximum Gasteiger partial charge on any atom is 0.305 e. The minimum atomic E-state index is -0.135. The van der Waals surface area contributed by atoms with E-state index in [0.29, 0.717) is 12.2 Å². The van der Waals surface area contributed by atoms with Gasteiger partial charge in [0.1, 0.15) is 17.0 Å². The van der Waals surface area contributed by atoms with E-state index in [2.05, 4.69) is 24.7 Å². The van der Waals surface area contributed by atoms with E-state index in [1.54, 1.807) is 18.1 Å². The molecule has 2 heterocycles. The molecular weight excluding hydrogens is 264 g/mol. The lowest BCUT2D eigenvalue weighted by atomic mass is 10.2. The second-order valence-electron chi connectivity index (χ2n) is 4.01. The SMILES string of the molecule is COC(=O)CCCCCSc1[nH]cnc2ncnc1-2. The van der Waals surface area contributed by atoms with Crippen LogP contribution in [0.2, 0.25) is 0 Å². The number of hydrogen-bond acceptors (Lipinski definition) is 6. The summed E-state index contributed by atoms with van der Waals surface area (Å²) >= 11 is 1.70. The number of aromatic nitrogens is 4. The van der Waals surface area contributed by atoms with Gasteiger partial charge in [-0.1, -0.05) is 6.42 Å². The molecule has 0 bridgehead atoms. The molecule has 0 aliphatic carbocycles. The first-order chi connectivity index (χ1) is 9.31. The maximum absolute atomic E-state index is 10.9. The molecule has 0 saturated carbocycles. The van der Waals surface area contributed by atoms with Gasteiger partial charge in [0.15, 0.2) is 5.82 Å². The third-order valence-corrected chi connectivity index (χ3v) is 3.77. The Labute approximate surface area is 115 Å². The topological polar surface area (TPSA) is 80.8 Å². The number of imidazole rings is 1. The molecule has 0 aromatic heterocycles. The molecule has 6 nitrogen and oxygen atoms in total. The summed E-state index contributed by atoms with van der Waals surface area (Å²) in [5.41, 5.74) is 0.821. The van der Waals surface area contributed by atoms with Crippen molar-refractivity contribution in [1.29, 1.82) is 0 Å². The first-order valence-corrected chi connectivity index (χ1v) is 7.13. The van der Waals surface area contributed by atoms with Gasteiger partial charge in [0.25, 0.3) is 0 Å². The lowest BCUT2D eigenvalue weighted by Crippen LogP contribution is -1.99. The van der Waals surface area contributed by atoms with Crippen molar-refractivity contribution in [2.24, 2.45) is 0 Å². The van der Waals surface area contributed by atoms with Crippen LogP contribution in [0.1, 0.15) is 25.7 Å². The van der Waals surface area contributed by atoms with E-state index >= 15 is 0 Å². The number of carbonyl (C=O) groups is 1. The van der Waals surface area contributed by atoms with E-state index in [-0.39, 0.29) is 5.97 Å². The molecule has 7 heteroatoms. The molecule has 2 aliphatic rings. The number of esters is 1. The predicted molar refractivity (Wildman–Crippen MR) is 72.0 cm³/mol. The molecule has 0 aromatic rings. The summed E-state index contributed by atoms with van der Waals surface area (Å²) in [5, 5.41) is 0.996. The number of ether oxygens (including phenoxy) is 1. The molecule has 1 N–H and O–H groups in total. The summed E-state index contributed by atoms with van der Waals surface area (Å²) in [6, 6.07) is 0. The molecule has 0 fully saturated rings. The van der Waals surface area contributed by atoms with E-state index in [1.165, 1.54) is 13.4 Å². The van der Waals surface area contributed by atoms with Gasteiger partial charge in [0.05, 0.1) is 13.4 Å². The number of nitrogens with one attached hydrogen (secondary N) is 1. The summed E-state index contributed by atoms with van der Waals surface area (Å²) < 4.78 is 4.59. The number of unbranched alkanes of at least 4 members (excludes halogenated alkanes) is 2. The van der Waals surface area contributed by atoms with Gasteiger partial charge in [-0.2, -0.15) is 0 Å². The highest BCUT2D eigenvalue weighted by Gasteiger charge is 2.12. The first kappa shape index (κ1) is 13.8. The summed E-state index contributed by atoms with van der Waals surface area (Å²) in [7, 11) is 1.42. The third kappa shape index (κ3) is 3.92. The average Bonchev–Trinajstić information content (AvgIpc) is 2.91. The highest BCUT2D eigenvalue weighted by atomic mass is 32.2. The van der Waals surface area contributed by atoms with Crippen molar-refractivity contribution < 1.29 is 9.53 Å². The Morgan fingerprint density at radius 3 is 3.05 bits per heavy atom. The van der Waals surface area contributed by atoms with Gasteiger partial charge in [0, 0.05) is 6.42 Å². The number of fused-ring (bicyclic) bond motifs is 1. The van der Waals surface area contributed by atoms with Gasteiger partial charge < -0.3 is 9.72 Å². The van der Waals surface area contributed by atoms with Crippen LogP contribution < -0.4 is 0 Å². The minimum Gasteiger partial charge on any atom is -0.469 e. The Hall–Kier alpha value is -1.63. The third-order valence-electron chi connectivity index (χ3n) is 2.68.